The van der Waals surface area contributed by atoms with Crippen LogP contribution in [0.15, 0.2) is 6.07 Å². The number of rotatable bonds is 2. The van der Waals surface area contributed by atoms with Gasteiger partial charge in [-0.3, -0.25) is 0 Å². The first-order chi connectivity index (χ1) is 6.97. The van der Waals surface area contributed by atoms with Crippen LogP contribution in [0.1, 0.15) is 17.7 Å². The molecule has 0 unspecified atom stereocenters. The number of anilines is 1. The number of hydrogen-bond donors (Lipinski definition) is 1. The predicted octanol–water partition coefficient (Wildman–Crippen LogP) is 1.38. The molecule has 2 N–H and O–H groups in total. The third-order valence-corrected chi connectivity index (χ3v) is 1.57. The molecule has 1 heterocycles. The van der Waals surface area contributed by atoms with E-state index in [1.54, 1.807) is 0 Å². The summed E-state index contributed by atoms with van der Waals surface area (Å²) >= 11 is 0. The lowest BCUT2D eigenvalue weighted by Crippen LogP contribution is -2.04. The number of pyridine rings is 1. The van der Waals surface area contributed by atoms with Crippen LogP contribution >= 0.6 is 0 Å². The average molecular weight is 214 g/mol. The Labute approximate surface area is 82.1 Å². The summed E-state index contributed by atoms with van der Waals surface area (Å²) in [6.45, 7) is 0. The zero-order chi connectivity index (χ0) is 11.6. The van der Waals surface area contributed by atoms with Crippen LogP contribution in [-0.4, -0.2) is 9.91 Å². The van der Waals surface area contributed by atoms with Crippen molar-refractivity contribution in [3.8, 4) is 6.07 Å². The lowest BCUT2D eigenvalue weighted by Gasteiger charge is -2.01. The van der Waals surface area contributed by atoms with Gasteiger partial charge in [0.25, 0.3) is 0 Å². The van der Waals surface area contributed by atoms with Gasteiger partial charge in [-0.05, 0) is 9.91 Å². The molecule has 0 aliphatic heterocycles. The van der Waals surface area contributed by atoms with Crippen molar-refractivity contribution in [1.29, 1.82) is 5.26 Å². The van der Waals surface area contributed by atoms with Gasteiger partial charge in [0.2, 0.25) is 5.69 Å². The molecule has 0 bridgehead atoms. The number of nitrogens with two attached hydrogens (primary N) is 1. The molecule has 1 aromatic heterocycles. The van der Waals surface area contributed by atoms with Crippen molar-refractivity contribution >= 4 is 11.5 Å². The molecule has 0 amide bonds. The Balaban J connectivity index is 3.47. The standard InChI is InChI=1S/C7H4F2N4O2/c8-7(9)6-3(2-10)4(11)1-5(12-6)13(14)15/h1,7H,(H2,11,12). The van der Waals surface area contributed by atoms with E-state index in [9.17, 15) is 18.9 Å². The summed E-state index contributed by atoms with van der Waals surface area (Å²) in [5.41, 5.74) is 3.33. The van der Waals surface area contributed by atoms with Crippen molar-refractivity contribution in [2.45, 2.75) is 6.43 Å². The molecule has 78 valence electrons. The second kappa shape index (κ2) is 3.83. The van der Waals surface area contributed by atoms with Crippen molar-refractivity contribution in [3.05, 3.63) is 27.4 Å². The number of nitro groups is 1. The number of nitriles is 1. The number of halogens is 2. The molecule has 0 aliphatic carbocycles. The highest BCUT2D eigenvalue weighted by Gasteiger charge is 2.26. The van der Waals surface area contributed by atoms with Gasteiger partial charge in [-0.1, -0.05) is 0 Å². The molecule has 0 fully saturated rings. The maximum Gasteiger partial charge on any atom is 0.366 e. The number of nitrogen functional groups attached to an aromatic ring is 1. The molecule has 1 rings (SSSR count). The van der Waals surface area contributed by atoms with Gasteiger partial charge in [0.1, 0.15) is 11.6 Å². The van der Waals surface area contributed by atoms with Gasteiger partial charge < -0.3 is 15.8 Å². The van der Waals surface area contributed by atoms with Crippen LogP contribution in [-0.2, 0) is 0 Å². The fourth-order valence-electron chi connectivity index (χ4n) is 0.944. The van der Waals surface area contributed by atoms with E-state index in [-0.39, 0.29) is 5.69 Å². The average Bonchev–Trinajstić information content (AvgIpc) is 2.16. The quantitative estimate of drug-likeness (QED) is 0.591. The van der Waals surface area contributed by atoms with E-state index in [0.29, 0.717) is 0 Å². The van der Waals surface area contributed by atoms with E-state index in [2.05, 4.69) is 4.98 Å². The minimum atomic E-state index is -3.08. The third kappa shape index (κ3) is 1.96. The summed E-state index contributed by atoms with van der Waals surface area (Å²) in [6, 6.07) is 2.19. The van der Waals surface area contributed by atoms with E-state index >= 15 is 0 Å². The highest BCUT2D eigenvalue weighted by atomic mass is 19.3. The maximum absolute atomic E-state index is 12.3. The summed E-state index contributed by atoms with van der Waals surface area (Å²) in [5.74, 6) is -0.804. The van der Waals surface area contributed by atoms with Gasteiger partial charge in [0.15, 0.2) is 0 Å². The van der Waals surface area contributed by atoms with Gasteiger partial charge in [0.05, 0.1) is 11.8 Å². The summed E-state index contributed by atoms with van der Waals surface area (Å²) in [6.07, 6.45) is -3.08. The van der Waals surface area contributed by atoms with Crippen LogP contribution in [0.2, 0.25) is 0 Å². The molecule has 1 aromatic rings. The topological polar surface area (TPSA) is 106 Å². The van der Waals surface area contributed by atoms with E-state index in [0.717, 1.165) is 6.07 Å². The van der Waals surface area contributed by atoms with Crippen LogP contribution in [0.4, 0.5) is 20.3 Å². The van der Waals surface area contributed by atoms with Gasteiger partial charge in [0, 0.05) is 0 Å². The van der Waals surface area contributed by atoms with Crippen molar-refractivity contribution in [1.82, 2.24) is 4.98 Å². The highest BCUT2D eigenvalue weighted by Crippen LogP contribution is 2.27. The van der Waals surface area contributed by atoms with Crippen LogP contribution < -0.4 is 5.73 Å². The van der Waals surface area contributed by atoms with Gasteiger partial charge in [-0.25, -0.2) is 8.78 Å². The summed E-state index contributed by atoms with van der Waals surface area (Å²) in [5, 5.41) is 18.8. The molecular formula is C7H4F2N4O2. The van der Waals surface area contributed by atoms with Crippen LogP contribution in [0, 0.1) is 21.4 Å². The first-order valence-electron chi connectivity index (χ1n) is 3.60. The van der Waals surface area contributed by atoms with Gasteiger partial charge in [-0.2, -0.15) is 5.26 Å². The SMILES string of the molecule is N#Cc1c(N)cc([N+](=O)[O-])nc1C(F)F. The minimum absolute atomic E-state index is 0.380. The molecule has 8 heteroatoms. The Morgan fingerprint density at radius 3 is 2.67 bits per heavy atom. The molecule has 0 saturated carbocycles. The molecule has 0 atom stereocenters. The number of nitrogens with zero attached hydrogens (tertiary/aromatic N) is 3. The second-order valence-corrected chi connectivity index (χ2v) is 2.50. The van der Waals surface area contributed by atoms with E-state index in [1.165, 1.54) is 6.07 Å². The smallest absolute Gasteiger partial charge is 0.366 e. The Bertz CT molecular complexity index is 455. The fourth-order valence-corrected chi connectivity index (χ4v) is 0.944. The van der Waals surface area contributed by atoms with E-state index in [4.69, 9.17) is 11.0 Å². The van der Waals surface area contributed by atoms with Crippen LogP contribution in [0.25, 0.3) is 0 Å². The second-order valence-electron chi connectivity index (χ2n) is 2.50. The largest absolute Gasteiger partial charge is 0.397 e. The molecule has 0 radical (unpaired) electrons. The fraction of sp³-hybridized carbons (Fsp3) is 0.143. The monoisotopic (exact) mass is 214 g/mol. The summed E-state index contributed by atoms with van der Waals surface area (Å²) in [7, 11) is 0. The van der Waals surface area contributed by atoms with E-state index < -0.39 is 28.4 Å². The molecule has 0 aliphatic rings. The summed E-state index contributed by atoms with van der Waals surface area (Å²) in [4.78, 5) is 12.4. The first kappa shape index (κ1) is 10.8. The predicted molar refractivity (Wildman–Crippen MR) is 45.0 cm³/mol. The third-order valence-electron chi connectivity index (χ3n) is 1.57. The lowest BCUT2D eigenvalue weighted by molar-refractivity contribution is -0.389. The van der Waals surface area contributed by atoms with Crippen molar-refractivity contribution in [2.24, 2.45) is 0 Å². The van der Waals surface area contributed by atoms with Gasteiger partial charge >= 0.3 is 12.2 Å². The summed E-state index contributed by atoms with van der Waals surface area (Å²) < 4.78 is 24.7. The molecule has 0 saturated heterocycles. The molecular weight excluding hydrogens is 210 g/mol. The molecule has 6 nitrogen and oxygen atoms in total. The van der Waals surface area contributed by atoms with E-state index in [1.807, 2.05) is 0 Å². The van der Waals surface area contributed by atoms with Crippen molar-refractivity contribution < 1.29 is 13.7 Å². The first-order valence-corrected chi connectivity index (χ1v) is 3.60. The molecule has 0 spiro atoms. The van der Waals surface area contributed by atoms with Crippen molar-refractivity contribution in [3.63, 3.8) is 0 Å². The number of aromatic nitrogens is 1. The number of alkyl halides is 2. The maximum atomic E-state index is 12.3. The van der Waals surface area contributed by atoms with Crippen LogP contribution in [0.3, 0.4) is 0 Å². The minimum Gasteiger partial charge on any atom is -0.397 e. The Hall–Kier alpha value is -2.30. The Morgan fingerprint density at radius 2 is 2.27 bits per heavy atom. The lowest BCUT2D eigenvalue weighted by atomic mass is 10.2. The van der Waals surface area contributed by atoms with Gasteiger partial charge in [-0.15, -0.1) is 0 Å². The highest BCUT2D eigenvalue weighted by molar-refractivity contribution is 5.59. The molecule has 15 heavy (non-hydrogen) atoms. The molecule has 0 aromatic carbocycles. The number of hydrogen-bond acceptors (Lipinski definition) is 5. The normalized spacial score (nSPS) is 10.0. The zero-order valence-electron chi connectivity index (χ0n) is 7.15. The Morgan fingerprint density at radius 1 is 1.67 bits per heavy atom. The Kier molecular flexibility index (Phi) is 2.75. The van der Waals surface area contributed by atoms with Crippen LogP contribution in [0.5, 0.6) is 0 Å². The zero-order valence-corrected chi connectivity index (χ0v) is 7.15. The van der Waals surface area contributed by atoms with Crippen molar-refractivity contribution in [2.75, 3.05) is 5.73 Å².